The standard InChI is InChI=1S/C22H17N3O2S2/c23-20(26)19-13-6-3-8-17(13)29-22(19)25-21(27)14-11-16(18-9-4-10-28-18)24-15-7-2-1-5-12(14)15/h1-2,4-5,7,9-11H,3,6,8H2,(H2,23,26)(H,25,27). The van der Waals surface area contributed by atoms with Gasteiger partial charge in [-0.05, 0) is 48.4 Å². The topological polar surface area (TPSA) is 85.1 Å². The third-order valence-corrected chi connectivity index (χ3v) is 7.23. The van der Waals surface area contributed by atoms with Gasteiger partial charge in [0.1, 0.15) is 5.00 Å². The van der Waals surface area contributed by atoms with Gasteiger partial charge < -0.3 is 11.1 Å². The number of nitrogens with one attached hydrogen (secondary N) is 1. The molecular formula is C22H17N3O2S2. The molecule has 5 nitrogen and oxygen atoms in total. The average molecular weight is 420 g/mol. The van der Waals surface area contributed by atoms with Crippen LogP contribution in [0.15, 0.2) is 47.8 Å². The van der Waals surface area contributed by atoms with Crippen LogP contribution in [0.25, 0.3) is 21.5 Å². The molecule has 1 aliphatic rings. The number of carbonyl (C=O) groups excluding carboxylic acids is 2. The molecule has 3 N–H and O–H groups in total. The first-order chi connectivity index (χ1) is 14.1. The summed E-state index contributed by atoms with van der Waals surface area (Å²) in [5, 5.41) is 6.26. The number of nitrogens with two attached hydrogens (primary N) is 1. The predicted molar refractivity (Wildman–Crippen MR) is 118 cm³/mol. The van der Waals surface area contributed by atoms with Crippen LogP contribution < -0.4 is 11.1 Å². The van der Waals surface area contributed by atoms with Crippen molar-refractivity contribution >= 4 is 50.4 Å². The Morgan fingerprint density at radius 2 is 1.97 bits per heavy atom. The highest BCUT2D eigenvalue weighted by atomic mass is 32.1. The lowest BCUT2D eigenvalue weighted by Gasteiger charge is -2.10. The molecule has 144 valence electrons. The van der Waals surface area contributed by atoms with Gasteiger partial charge in [0.2, 0.25) is 0 Å². The van der Waals surface area contributed by atoms with Crippen LogP contribution in [0.4, 0.5) is 5.00 Å². The van der Waals surface area contributed by atoms with E-state index < -0.39 is 5.91 Å². The van der Waals surface area contributed by atoms with Crippen molar-refractivity contribution < 1.29 is 9.59 Å². The van der Waals surface area contributed by atoms with Crippen molar-refractivity contribution in [3.8, 4) is 10.6 Å². The van der Waals surface area contributed by atoms with Gasteiger partial charge >= 0.3 is 0 Å². The fourth-order valence-corrected chi connectivity index (χ4v) is 5.81. The van der Waals surface area contributed by atoms with E-state index in [1.807, 2.05) is 47.8 Å². The van der Waals surface area contributed by atoms with Gasteiger partial charge in [-0.25, -0.2) is 4.98 Å². The van der Waals surface area contributed by atoms with Gasteiger partial charge in [-0.1, -0.05) is 24.3 Å². The lowest BCUT2D eigenvalue weighted by atomic mass is 10.1. The Kier molecular flexibility index (Phi) is 4.41. The number of carbonyl (C=O) groups is 2. The Balaban J connectivity index is 1.59. The molecular weight excluding hydrogens is 402 g/mol. The van der Waals surface area contributed by atoms with E-state index in [0.29, 0.717) is 16.1 Å². The lowest BCUT2D eigenvalue weighted by Crippen LogP contribution is -2.18. The summed E-state index contributed by atoms with van der Waals surface area (Å²) in [5.41, 5.74) is 9.14. The van der Waals surface area contributed by atoms with Crippen molar-refractivity contribution in [3.63, 3.8) is 0 Å². The SMILES string of the molecule is NC(=O)c1c(NC(=O)c2cc(-c3cccs3)nc3ccccc23)sc2c1CCC2. The number of nitrogens with zero attached hydrogens (tertiary/aromatic N) is 1. The van der Waals surface area contributed by atoms with Crippen LogP contribution in [0.2, 0.25) is 0 Å². The van der Waals surface area contributed by atoms with E-state index in [2.05, 4.69) is 5.32 Å². The van der Waals surface area contributed by atoms with Crippen LogP contribution in [-0.4, -0.2) is 16.8 Å². The van der Waals surface area contributed by atoms with Crippen LogP contribution in [0.3, 0.4) is 0 Å². The summed E-state index contributed by atoms with van der Waals surface area (Å²) in [5.74, 6) is -0.748. The number of aromatic nitrogens is 1. The summed E-state index contributed by atoms with van der Waals surface area (Å²) < 4.78 is 0. The van der Waals surface area contributed by atoms with E-state index in [0.717, 1.165) is 51.2 Å². The highest BCUT2D eigenvalue weighted by Crippen LogP contribution is 2.39. The van der Waals surface area contributed by atoms with Gasteiger partial charge in [0.25, 0.3) is 11.8 Å². The van der Waals surface area contributed by atoms with Crippen molar-refractivity contribution in [2.24, 2.45) is 5.73 Å². The number of hydrogen-bond donors (Lipinski definition) is 2. The minimum atomic E-state index is -0.487. The van der Waals surface area contributed by atoms with Crippen molar-refractivity contribution in [3.05, 3.63) is 69.4 Å². The second-order valence-corrected chi connectivity index (χ2v) is 8.98. The number of benzene rings is 1. The number of hydrogen-bond acceptors (Lipinski definition) is 5. The summed E-state index contributed by atoms with van der Waals surface area (Å²) in [6.07, 6.45) is 2.78. The normalized spacial score (nSPS) is 12.8. The van der Waals surface area contributed by atoms with E-state index in [1.54, 1.807) is 11.3 Å². The minimum Gasteiger partial charge on any atom is -0.365 e. The molecule has 0 radical (unpaired) electrons. The van der Waals surface area contributed by atoms with Gasteiger partial charge in [-0.2, -0.15) is 0 Å². The van der Waals surface area contributed by atoms with Crippen molar-refractivity contribution in [2.45, 2.75) is 19.3 Å². The molecule has 1 aromatic carbocycles. The van der Waals surface area contributed by atoms with Crippen LogP contribution in [-0.2, 0) is 12.8 Å². The largest absolute Gasteiger partial charge is 0.365 e. The highest BCUT2D eigenvalue weighted by molar-refractivity contribution is 7.17. The summed E-state index contributed by atoms with van der Waals surface area (Å²) in [6.45, 7) is 0. The first-order valence-electron chi connectivity index (χ1n) is 9.31. The lowest BCUT2D eigenvalue weighted by molar-refractivity contribution is 0.100. The number of amides is 2. The molecule has 0 unspecified atom stereocenters. The van der Waals surface area contributed by atoms with E-state index >= 15 is 0 Å². The summed E-state index contributed by atoms with van der Waals surface area (Å²) in [6, 6.07) is 13.3. The smallest absolute Gasteiger partial charge is 0.257 e. The average Bonchev–Trinajstić information content (AvgIpc) is 3.44. The van der Waals surface area contributed by atoms with E-state index in [9.17, 15) is 9.59 Å². The Hall–Kier alpha value is -3.03. The summed E-state index contributed by atoms with van der Waals surface area (Å²) in [4.78, 5) is 32.2. The molecule has 0 fully saturated rings. The summed E-state index contributed by atoms with van der Waals surface area (Å²) >= 11 is 3.04. The molecule has 3 aromatic heterocycles. The molecule has 7 heteroatoms. The first kappa shape index (κ1) is 18.0. The van der Waals surface area contributed by atoms with E-state index in [1.165, 1.54) is 11.3 Å². The van der Waals surface area contributed by atoms with Gasteiger partial charge in [0.15, 0.2) is 0 Å². The Morgan fingerprint density at radius 3 is 2.76 bits per heavy atom. The maximum absolute atomic E-state index is 13.3. The van der Waals surface area contributed by atoms with Crippen molar-refractivity contribution in [2.75, 3.05) is 5.32 Å². The molecule has 0 atom stereocenters. The number of rotatable bonds is 4. The third-order valence-electron chi connectivity index (χ3n) is 5.13. The molecule has 0 saturated carbocycles. The van der Waals surface area contributed by atoms with Gasteiger partial charge in [-0.15, -0.1) is 22.7 Å². The molecule has 0 spiro atoms. The number of pyridine rings is 1. The molecule has 1 aliphatic carbocycles. The van der Waals surface area contributed by atoms with Gasteiger partial charge in [0.05, 0.1) is 27.2 Å². The Bertz CT molecular complexity index is 1260. The third kappa shape index (κ3) is 3.12. The van der Waals surface area contributed by atoms with Gasteiger partial charge in [-0.3, -0.25) is 9.59 Å². The zero-order valence-corrected chi connectivity index (χ0v) is 17.0. The number of primary amides is 1. The second-order valence-electron chi connectivity index (χ2n) is 6.93. The van der Waals surface area contributed by atoms with Gasteiger partial charge in [0, 0.05) is 10.3 Å². The monoisotopic (exact) mass is 419 g/mol. The molecule has 0 bridgehead atoms. The first-order valence-corrected chi connectivity index (χ1v) is 11.0. The maximum Gasteiger partial charge on any atom is 0.257 e. The van der Waals surface area contributed by atoms with Crippen molar-refractivity contribution in [1.29, 1.82) is 0 Å². The zero-order valence-electron chi connectivity index (χ0n) is 15.4. The van der Waals surface area contributed by atoms with Crippen LogP contribution in [0.5, 0.6) is 0 Å². The van der Waals surface area contributed by atoms with Crippen LogP contribution in [0.1, 0.15) is 37.6 Å². The fraction of sp³-hybridized carbons (Fsp3) is 0.136. The number of para-hydroxylation sites is 1. The fourth-order valence-electron chi connectivity index (χ4n) is 3.84. The molecule has 0 aliphatic heterocycles. The Morgan fingerprint density at radius 1 is 1.10 bits per heavy atom. The zero-order chi connectivity index (χ0) is 20.0. The summed E-state index contributed by atoms with van der Waals surface area (Å²) in [7, 11) is 0. The van der Waals surface area contributed by atoms with E-state index in [-0.39, 0.29) is 5.91 Å². The van der Waals surface area contributed by atoms with Crippen molar-refractivity contribution in [1.82, 2.24) is 4.98 Å². The van der Waals surface area contributed by atoms with E-state index in [4.69, 9.17) is 10.7 Å². The number of thiophene rings is 2. The molecule has 3 heterocycles. The maximum atomic E-state index is 13.3. The minimum absolute atomic E-state index is 0.260. The predicted octanol–water partition coefficient (Wildman–Crippen LogP) is 4.86. The molecule has 29 heavy (non-hydrogen) atoms. The van der Waals surface area contributed by atoms with Crippen LogP contribution in [0, 0.1) is 0 Å². The molecule has 5 rings (SSSR count). The molecule has 0 saturated heterocycles. The Labute approximate surface area is 175 Å². The quantitative estimate of drug-likeness (QED) is 0.495. The molecule has 4 aromatic rings. The number of fused-ring (bicyclic) bond motifs is 2. The second kappa shape index (κ2) is 7.09. The number of anilines is 1. The number of aryl methyl sites for hydroxylation is 1. The highest BCUT2D eigenvalue weighted by Gasteiger charge is 2.27. The molecule has 2 amide bonds. The van der Waals surface area contributed by atoms with Crippen LogP contribution >= 0.6 is 22.7 Å².